The van der Waals surface area contributed by atoms with Crippen LogP contribution in [0.2, 0.25) is 0 Å². The van der Waals surface area contributed by atoms with Crippen LogP contribution in [0.3, 0.4) is 0 Å². The number of halogens is 6. The first-order valence-electron chi connectivity index (χ1n) is 4.92. The molecule has 0 unspecified atom stereocenters. The van der Waals surface area contributed by atoms with Gasteiger partial charge in [0, 0.05) is 4.47 Å². The molecule has 0 saturated heterocycles. The molecule has 1 aromatic rings. The maximum atomic E-state index is 13.7. The van der Waals surface area contributed by atoms with Crippen molar-refractivity contribution in [2.45, 2.75) is 6.18 Å². The number of amidine groups is 1. The first-order valence-corrected chi connectivity index (χ1v) is 6.51. The summed E-state index contributed by atoms with van der Waals surface area (Å²) in [6.45, 7) is 0. The second-order valence-corrected chi connectivity index (χ2v) is 5.15. The first-order chi connectivity index (χ1) is 9.59. The van der Waals surface area contributed by atoms with Gasteiger partial charge in [0.05, 0.1) is 10.0 Å². The highest BCUT2D eigenvalue weighted by Gasteiger charge is 2.37. The summed E-state index contributed by atoms with van der Waals surface area (Å²) in [6, 6.07) is 2.04. The fraction of sp³-hybridized carbons (Fsp3) is 0.100. The number of anilines is 1. The van der Waals surface area contributed by atoms with Gasteiger partial charge in [-0.05, 0) is 22.0 Å². The normalized spacial score (nSPS) is 12.0. The summed E-state index contributed by atoms with van der Waals surface area (Å²) in [4.78, 5) is 0. The lowest BCUT2D eigenvalue weighted by atomic mass is 10.2. The van der Waals surface area contributed by atoms with E-state index in [2.05, 4.69) is 37.0 Å². The number of nitriles is 1. The fourth-order valence-electron chi connectivity index (χ4n) is 1.21. The molecule has 4 N–H and O–H groups in total. The van der Waals surface area contributed by atoms with Crippen LogP contribution < -0.4 is 11.2 Å². The van der Waals surface area contributed by atoms with Crippen molar-refractivity contribution in [1.82, 2.24) is 0 Å². The molecule has 11 heteroatoms. The standard InChI is InChI=1S/C10H5Br2F4N5/c11-3-1-4(13)8(7(12)6(3)10(14,15)16)21-20-5(2-17)9(18)19/h1,21H,(H3,18,19)/b20-5+. The summed E-state index contributed by atoms with van der Waals surface area (Å²) in [7, 11) is 0. The number of alkyl halides is 3. The number of rotatable bonds is 3. The van der Waals surface area contributed by atoms with Crippen LogP contribution in [-0.2, 0) is 6.18 Å². The Morgan fingerprint density at radius 3 is 2.43 bits per heavy atom. The van der Waals surface area contributed by atoms with E-state index >= 15 is 0 Å². The van der Waals surface area contributed by atoms with Gasteiger partial charge in [0.1, 0.15) is 17.6 Å². The predicted molar refractivity (Wildman–Crippen MR) is 75.4 cm³/mol. The monoisotopic (exact) mass is 429 g/mol. The minimum absolute atomic E-state index is 0.499. The highest BCUT2D eigenvalue weighted by atomic mass is 79.9. The van der Waals surface area contributed by atoms with Crippen LogP contribution in [0.25, 0.3) is 0 Å². The van der Waals surface area contributed by atoms with E-state index in [1.165, 1.54) is 6.07 Å². The van der Waals surface area contributed by atoms with Gasteiger partial charge in [-0.1, -0.05) is 15.9 Å². The summed E-state index contributed by atoms with van der Waals surface area (Å²) < 4.78 is 51.2. The summed E-state index contributed by atoms with van der Waals surface area (Å²) in [6.07, 6.45) is -4.75. The fourth-order valence-corrected chi connectivity index (χ4v) is 2.82. The summed E-state index contributed by atoms with van der Waals surface area (Å²) >= 11 is 5.26. The van der Waals surface area contributed by atoms with Crippen molar-refractivity contribution in [1.29, 1.82) is 10.7 Å². The lowest BCUT2D eigenvalue weighted by Crippen LogP contribution is -2.22. The highest BCUT2D eigenvalue weighted by molar-refractivity contribution is 9.11. The van der Waals surface area contributed by atoms with Crippen LogP contribution in [-0.4, -0.2) is 11.5 Å². The molecule has 0 spiro atoms. The number of benzene rings is 1. The van der Waals surface area contributed by atoms with Gasteiger partial charge in [0.2, 0.25) is 5.71 Å². The molecule has 5 nitrogen and oxygen atoms in total. The van der Waals surface area contributed by atoms with E-state index in [-0.39, 0.29) is 0 Å². The molecular formula is C10H5Br2F4N5. The van der Waals surface area contributed by atoms with Gasteiger partial charge in [0.25, 0.3) is 0 Å². The molecule has 0 radical (unpaired) electrons. The average Bonchev–Trinajstić information content (AvgIpc) is 2.30. The molecule has 0 aliphatic rings. The van der Waals surface area contributed by atoms with Crippen molar-refractivity contribution in [2.24, 2.45) is 10.8 Å². The van der Waals surface area contributed by atoms with Gasteiger partial charge in [-0.2, -0.15) is 23.5 Å². The molecule has 0 saturated carbocycles. The Bertz CT molecular complexity index is 663. The highest BCUT2D eigenvalue weighted by Crippen LogP contribution is 2.44. The molecule has 21 heavy (non-hydrogen) atoms. The minimum atomic E-state index is -4.75. The Hall–Kier alpha value is -1.67. The van der Waals surface area contributed by atoms with E-state index in [0.717, 1.165) is 0 Å². The second-order valence-electron chi connectivity index (χ2n) is 3.50. The molecule has 1 aromatic carbocycles. The number of nitrogens with two attached hydrogens (primary N) is 1. The van der Waals surface area contributed by atoms with Gasteiger partial charge < -0.3 is 5.73 Å². The second kappa shape index (κ2) is 6.40. The first kappa shape index (κ1) is 17.4. The van der Waals surface area contributed by atoms with Crippen molar-refractivity contribution in [3.63, 3.8) is 0 Å². The van der Waals surface area contributed by atoms with Crippen molar-refractivity contribution in [3.8, 4) is 6.07 Å². The van der Waals surface area contributed by atoms with E-state index in [0.29, 0.717) is 6.07 Å². The van der Waals surface area contributed by atoms with E-state index in [9.17, 15) is 17.6 Å². The molecule has 1 rings (SSSR count). The molecule has 0 aliphatic carbocycles. The van der Waals surface area contributed by atoms with Crippen molar-refractivity contribution in [2.75, 3.05) is 5.43 Å². The van der Waals surface area contributed by atoms with Crippen LogP contribution in [0.15, 0.2) is 20.1 Å². The zero-order valence-electron chi connectivity index (χ0n) is 9.82. The van der Waals surface area contributed by atoms with Crippen molar-refractivity contribution >= 4 is 49.1 Å². The van der Waals surface area contributed by atoms with Crippen LogP contribution in [0, 0.1) is 22.6 Å². The molecule has 0 aliphatic heterocycles. The zero-order valence-corrected chi connectivity index (χ0v) is 13.0. The Labute approximate surface area is 132 Å². The lowest BCUT2D eigenvalue weighted by molar-refractivity contribution is -0.138. The molecule has 0 amide bonds. The smallest absolute Gasteiger partial charge is 0.382 e. The van der Waals surface area contributed by atoms with Gasteiger partial charge in [-0.3, -0.25) is 10.8 Å². The third-order valence-electron chi connectivity index (χ3n) is 2.09. The van der Waals surface area contributed by atoms with E-state index in [4.69, 9.17) is 16.4 Å². The Balaban J connectivity index is 3.39. The van der Waals surface area contributed by atoms with Gasteiger partial charge in [0.15, 0.2) is 5.84 Å². The Kier molecular flexibility index (Phi) is 5.30. The largest absolute Gasteiger partial charge is 0.418 e. The van der Waals surface area contributed by atoms with E-state index < -0.39 is 43.7 Å². The maximum absolute atomic E-state index is 13.7. The molecule has 112 valence electrons. The molecule has 0 aromatic heterocycles. The number of nitrogens with one attached hydrogen (secondary N) is 2. The molecule has 0 bridgehead atoms. The number of hydrogen-bond donors (Lipinski definition) is 3. The number of hydrogen-bond acceptors (Lipinski definition) is 4. The molecule has 0 heterocycles. The van der Waals surface area contributed by atoms with Crippen molar-refractivity contribution < 1.29 is 17.6 Å². The van der Waals surface area contributed by atoms with E-state index in [1.54, 1.807) is 0 Å². The van der Waals surface area contributed by atoms with E-state index in [1.807, 2.05) is 5.43 Å². The van der Waals surface area contributed by atoms with Gasteiger partial charge in [-0.25, -0.2) is 4.39 Å². The topological polar surface area (TPSA) is 98.0 Å². The Morgan fingerprint density at radius 1 is 1.43 bits per heavy atom. The van der Waals surface area contributed by atoms with Crippen LogP contribution in [0.5, 0.6) is 0 Å². The molecule has 0 fully saturated rings. The van der Waals surface area contributed by atoms with Crippen LogP contribution in [0.1, 0.15) is 5.56 Å². The Morgan fingerprint density at radius 2 is 2.00 bits per heavy atom. The van der Waals surface area contributed by atoms with Gasteiger partial charge in [-0.15, -0.1) is 0 Å². The SMILES string of the molecule is N#C/C(=N\Nc1c(F)cc(Br)c(C(F)(F)F)c1Br)C(=N)N. The summed E-state index contributed by atoms with van der Waals surface area (Å²) in [5, 5.41) is 18.9. The van der Waals surface area contributed by atoms with Crippen molar-refractivity contribution in [3.05, 3.63) is 26.4 Å². The number of hydrazone groups is 1. The predicted octanol–water partition coefficient (Wildman–Crippen LogP) is 3.60. The van der Waals surface area contributed by atoms with Crippen LogP contribution >= 0.6 is 31.9 Å². The van der Waals surface area contributed by atoms with Gasteiger partial charge >= 0.3 is 6.18 Å². The van der Waals surface area contributed by atoms with Crippen LogP contribution in [0.4, 0.5) is 23.2 Å². The minimum Gasteiger partial charge on any atom is -0.382 e. The third kappa shape index (κ3) is 3.92. The zero-order chi connectivity index (χ0) is 16.4. The summed E-state index contributed by atoms with van der Waals surface area (Å²) in [5.74, 6) is -1.76. The molecular weight excluding hydrogens is 426 g/mol. The lowest BCUT2D eigenvalue weighted by Gasteiger charge is -2.15. The maximum Gasteiger partial charge on any atom is 0.418 e. The average molecular weight is 431 g/mol. The summed E-state index contributed by atoms with van der Waals surface area (Å²) in [5.41, 5.74) is 4.57. The quantitative estimate of drug-likeness (QED) is 0.295. The molecule has 0 atom stereocenters. The number of nitrogens with zero attached hydrogens (tertiary/aromatic N) is 2. The third-order valence-corrected chi connectivity index (χ3v) is 3.51.